The first-order valence-corrected chi connectivity index (χ1v) is 10.1. The fourth-order valence-corrected chi connectivity index (χ4v) is 4.64. The van der Waals surface area contributed by atoms with Gasteiger partial charge in [-0.05, 0) is 44.0 Å². The molecule has 1 amide bonds. The lowest BCUT2D eigenvalue weighted by Gasteiger charge is -2.31. The minimum atomic E-state index is -4.00. The van der Waals surface area contributed by atoms with E-state index in [1.165, 1.54) is 28.6 Å². The SMILES string of the molecule is Cc1ccc(C(=O)NC2CCN(S(=O)(=O)c3ccccc3OC(F)F)CC2)o1. The van der Waals surface area contributed by atoms with Crippen LogP contribution in [0.15, 0.2) is 45.7 Å². The largest absolute Gasteiger partial charge is 0.456 e. The molecule has 0 saturated carbocycles. The van der Waals surface area contributed by atoms with Crippen molar-refractivity contribution >= 4 is 15.9 Å². The number of amides is 1. The number of halogens is 2. The number of rotatable bonds is 6. The number of alkyl halides is 2. The van der Waals surface area contributed by atoms with Crippen molar-refractivity contribution in [2.24, 2.45) is 0 Å². The fraction of sp³-hybridized carbons (Fsp3) is 0.389. The molecule has 3 rings (SSSR count). The molecule has 1 aliphatic heterocycles. The van der Waals surface area contributed by atoms with E-state index in [2.05, 4.69) is 10.1 Å². The number of para-hydroxylation sites is 1. The third-order valence-electron chi connectivity index (χ3n) is 4.44. The molecule has 1 aliphatic rings. The van der Waals surface area contributed by atoms with E-state index in [1.54, 1.807) is 19.1 Å². The Labute approximate surface area is 161 Å². The van der Waals surface area contributed by atoms with E-state index in [0.29, 0.717) is 18.6 Å². The smallest absolute Gasteiger partial charge is 0.387 e. The lowest BCUT2D eigenvalue weighted by Crippen LogP contribution is -2.46. The lowest BCUT2D eigenvalue weighted by molar-refractivity contribution is -0.0518. The van der Waals surface area contributed by atoms with Gasteiger partial charge in [-0.1, -0.05) is 12.1 Å². The van der Waals surface area contributed by atoms with E-state index in [1.807, 2.05) is 0 Å². The molecule has 0 atom stereocenters. The van der Waals surface area contributed by atoms with Gasteiger partial charge >= 0.3 is 6.61 Å². The van der Waals surface area contributed by atoms with Gasteiger partial charge < -0.3 is 14.5 Å². The van der Waals surface area contributed by atoms with Crippen molar-refractivity contribution in [1.82, 2.24) is 9.62 Å². The maximum Gasteiger partial charge on any atom is 0.387 e. The molecule has 1 N–H and O–H groups in total. The van der Waals surface area contributed by atoms with Gasteiger partial charge in [-0.25, -0.2) is 8.42 Å². The van der Waals surface area contributed by atoms with E-state index in [-0.39, 0.29) is 41.4 Å². The number of aryl methyl sites for hydroxylation is 1. The molecule has 2 aromatic rings. The van der Waals surface area contributed by atoms with Gasteiger partial charge in [0.25, 0.3) is 5.91 Å². The van der Waals surface area contributed by atoms with Crippen LogP contribution < -0.4 is 10.1 Å². The van der Waals surface area contributed by atoms with Crippen molar-refractivity contribution in [3.8, 4) is 5.75 Å². The first-order valence-electron chi connectivity index (χ1n) is 8.68. The zero-order chi connectivity index (χ0) is 20.3. The summed E-state index contributed by atoms with van der Waals surface area (Å²) in [6.45, 7) is -1.10. The summed E-state index contributed by atoms with van der Waals surface area (Å²) >= 11 is 0. The van der Waals surface area contributed by atoms with E-state index in [9.17, 15) is 22.0 Å². The molecule has 0 spiro atoms. The molecule has 28 heavy (non-hydrogen) atoms. The number of piperidine rings is 1. The zero-order valence-electron chi connectivity index (χ0n) is 15.1. The van der Waals surface area contributed by atoms with Crippen molar-refractivity contribution in [3.05, 3.63) is 47.9 Å². The third kappa shape index (κ3) is 4.50. The molecular formula is C18H20F2N2O5S. The highest BCUT2D eigenvalue weighted by atomic mass is 32.2. The van der Waals surface area contributed by atoms with Crippen molar-refractivity contribution in [3.63, 3.8) is 0 Å². The topological polar surface area (TPSA) is 88.9 Å². The van der Waals surface area contributed by atoms with Crippen molar-refractivity contribution in [2.75, 3.05) is 13.1 Å². The van der Waals surface area contributed by atoms with Crippen LogP contribution in [0.5, 0.6) is 5.75 Å². The summed E-state index contributed by atoms with van der Waals surface area (Å²) in [7, 11) is -4.00. The number of carbonyl (C=O) groups is 1. The highest BCUT2D eigenvalue weighted by Gasteiger charge is 2.32. The first kappa shape index (κ1) is 20.3. The highest BCUT2D eigenvalue weighted by molar-refractivity contribution is 7.89. The lowest BCUT2D eigenvalue weighted by atomic mass is 10.1. The molecule has 1 saturated heterocycles. The van der Waals surface area contributed by atoms with Gasteiger partial charge in [0.2, 0.25) is 10.0 Å². The highest BCUT2D eigenvalue weighted by Crippen LogP contribution is 2.29. The van der Waals surface area contributed by atoms with Gasteiger partial charge in [-0.2, -0.15) is 13.1 Å². The maximum atomic E-state index is 12.8. The van der Waals surface area contributed by atoms with Crippen LogP contribution in [-0.2, 0) is 10.0 Å². The Morgan fingerprint density at radius 1 is 1.21 bits per heavy atom. The summed E-state index contributed by atoms with van der Waals surface area (Å²) in [5, 5.41) is 2.82. The van der Waals surface area contributed by atoms with Crippen LogP contribution in [0.3, 0.4) is 0 Å². The van der Waals surface area contributed by atoms with Crippen LogP contribution >= 0.6 is 0 Å². The average Bonchev–Trinajstić information content (AvgIpc) is 3.08. The molecule has 0 unspecified atom stereocenters. The Morgan fingerprint density at radius 3 is 2.50 bits per heavy atom. The second-order valence-electron chi connectivity index (χ2n) is 6.39. The van der Waals surface area contributed by atoms with Gasteiger partial charge in [-0.3, -0.25) is 4.79 Å². The van der Waals surface area contributed by atoms with Gasteiger partial charge in [-0.15, -0.1) is 0 Å². The number of hydrogen-bond donors (Lipinski definition) is 1. The normalized spacial score (nSPS) is 16.3. The van der Waals surface area contributed by atoms with E-state index in [4.69, 9.17) is 4.42 Å². The Morgan fingerprint density at radius 2 is 1.89 bits per heavy atom. The van der Waals surface area contributed by atoms with E-state index < -0.39 is 16.6 Å². The molecule has 0 radical (unpaired) electrons. The molecule has 0 aliphatic carbocycles. The Hall–Kier alpha value is -2.46. The summed E-state index contributed by atoms with van der Waals surface area (Å²) in [6.07, 6.45) is 0.783. The van der Waals surface area contributed by atoms with Gasteiger partial charge in [0.05, 0.1) is 0 Å². The number of carbonyl (C=O) groups excluding carboxylic acids is 1. The van der Waals surface area contributed by atoms with Gasteiger partial charge in [0.1, 0.15) is 16.4 Å². The summed E-state index contributed by atoms with van der Waals surface area (Å²) in [6, 6.07) is 8.35. The van der Waals surface area contributed by atoms with Crippen LogP contribution in [-0.4, -0.2) is 44.4 Å². The molecule has 10 heteroatoms. The molecule has 1 aromatic carbocycles. The van der Waals surface area contributed by atoms with E-state index >= 15 is 0 Å². The van der Waals surface area contributed by atoms with E-state index in [0.717, 1.165) is 0 Å². The fourth-order valence-electron chi connectivity index (χ4n) is 3.05. The minimum absolute atomic E-state index is 0.146. The number of sulfonamides is 1. The van der Waals surface area contributed by atoms with Gasteiger partial charge in [0, 0.05) is 19.1 Å². The van der Waals surface area contributed by atoms with Crippen LogP contribution in [0.25, 0.3) is 0 Å². The zero-order valence-corrected chi connectivity index (χ0v) is 15.9. The monoisotopic (exact) mass is 414 g/mol. The molecule has 2 heterocycles. The molecule has 7 nitrogen and oxygen atoms in total. The molecule has 1 aromatic heterocycles. The van der Waals surface area contributed by atoms with Crippen molar-refractivity contribution < 1.29 is 31.1 Å². The average molecular weight is 414 g/mol. The Bertz CT molecular complexity index is 937. The quantitative estimate of drug-likeness (QED) is 0.785. The van der Waals surface area contributed by atoms with Crippen LogP contribution in [0.2, 0.25) is 0 Å². The number of ether oxygens (including phenoxy) is 1. The van der Waals surface area contributed by atoms with Crippen molar-refractivity contribution in [1.29, 1.82) is 0 Å². The second-order valence-corrected chi connectivity index (χ2v) is 8.29. The second kappa shape index (κ2) is 8.27. The summed E-state index contributed by atoms with van der Waals surface area (Å²) < 4.78 is 61.6. The standard InChI is InChI=1S/C18H20F2N2O5S/c1-12-6-7-15(26-12)17(23)21-13-8-10-22(11-9-13)28(24,25)16-5-3-2-4-14(16)27-18(19)20/h2-7,13,18H,8-11H2,1H3,(H,21,23). The first-order chi connectivity index (χ1) is 13.3. The number of benzene rings is 1. The summed E-state index contributed by atoms with van der Waals surface area (Å²) in [4.78, 5) is 11.8. The van der Waals surface area contributed by atoms with Gasteiger partial charge in [0.15, 0.2) is 5.76 Å². The Balaban J connectivity index is 1.65. The predicted octanol–water partition coefficient (Wildman–Crippen LogP) is 2.77. The number of furan rings is 1. The summed E-state index contributed by atoms with van der Waals surface area (Å²) in [5.41, 5.74) is 0. The number of nitrogens with zero attached hydrogens (tertiary/aromatic N) is 1. The van der Waals surface area contributed by atoms with Crippen LogP contribution in [0, 0.1) is 6.92 Å². The predicted molar refractivity (Wildman–Crippen MR) is 95.8 cm³/mol. The minimum Gasteiger partial charge on any atom is -0.456 e. The maximum absolute atomic E-state index is 12.8. The molecule has 152 valence electrons. The molecule has 0 bridgehead atoms. The summed E-state index contributed by atoms with van der Waals surface area (Å²) in [5.74, 6) is 0.0765. The third-order valence-corrected chi connectivity index (χ3v) is 6.37. The van der Waals surface area contributed by atoms with Crippen LogP contribution in [0.4, 0.5) is 8.78 Å². The molecular weight excluding hydrogens is 394 g/mol. The molecule has 1 fully saturated rings. The number of hydrogen-bond acceptors (Lipinski definition) is 5. The Kier molecular flexibility index (Phi) is 5.99. The van der Waals surface area contributed by atoms with Crippen molar-refractivity contribution in [2.45, 2.75) is 37.3 Å². The van der Waals surface area contributed by atoms with Crippen LogP contribution in [0.1, 0.15) is 29.2 Å². The number of nitrogens with one attached hydrogen (secondary N) is 1.